The molecule has 2 aliphatic rings. The second-order valence-corrected chi connectivity index (χ2v) is 6.24. The number of hydrogen-bond donors (Lipinski definition) is 2. The van der Waals surface area contributed by atoms with Crippen LogP contribution in [0, 0.1) is 6.92 Å². The topological polar surface area (TPSA) is 78.7 Å². The number of nitrogens with zero attached hydrogens (tertiary/aromatic N) is 2. The Hall–Kier alpha value is -1.79. The molecule has 0 bridgehead atoms. The molecule has 3 rings (SSSR count). The van der Waals surface area contributed by atoms with Crippen molar-refractivity contribution in [2.45, 2.75) is 25.3 Å². The molecule has 7 heteroatoms. The summed E-state index contributed by atoms with van der Waals surface area (Å²) >= 11 is 0. The van der Waals surface area contributed by atoms with Crippen molar-refractivity contribution in [3.63, 3.8) is 0 Å². The zero-order valence-electron chi connectivity index (χ0n) is 13.2. The molecule has 0 unspecified atom stereocenters. The first kappa shape index (κ1) is 17.6. The maximum atomic E-state index is 12.3. The van der Waals surface area contributed by atoms with Gasteiger partial charge in [0.2, 0.25) is 5.91 Å². The van der Waals surface area contributed by atoms with Gasteiger partial charge < -0.3 is 20.9 Å². The minimum absolute atomic E-state index is 0. The van der Waals surface area contributed by atoms with E-state index in [4.69, 9.17) is 5.73 Å². The average Bonchev–Trinajstić information content (AvgIpc) is 3.26. The number of nitrogens with two attached hydrogens (primary N) is 1. The van der Waals surface area contributed by atoms with Gasteiger partial charge in [-0.1, -0.05) is 12.1 Å². The first-order chi connectivity index (χ1) is 10.5. The van der Waals surface area contributed by atoms with Gasteiger partial charge in [0.15, 0.2) is 0 Å². The molecule has 1 aromatic rings. The molecule has 126 valence electrons. The van der Waals surface area contributed by atoms with E-state index in [1.54, 1.807) is 9.80 Å². The highest BCUT2D eigenvalue weighted by Crippen LogP contribution is 2.34. The molecule has 1 saturated carbocycles. The van der Waals surface area contributed by atoms with Crippen LogP contribution in [0.1, 0.15) is 18.4 Å². The van der Waals surface area contributed by atoms with E-state index in [2.05, 4.69) is 5.32 Å². The summed E-state index contributed by atoms with van der Waals surface area (Å²) < 4.78 is 0. The maximum absolute atomic E-state index is 12.3. The molecule has 0 atom stereocenters. The SMILES string of the molecule is Cc1cccc(NC(=O)N2CCN(C(=O)C3(N)CC3)CC2)c1.Cl. The number of anilines is 1. The number of piperazine rings is 1. The predicted octanol–water partition coefficient (Wildman–Crippen LogP) is 1.58. The summed E-state index contributed by atoms with van der Waals surface area (Å²) in [6.07, 6.45) is 1.56. The Morgan fingerprint density at radius 3 is 2.30 bits per heavy atom. The Balaban J connectivity index is 0.00000192. The van der Waals surface area contributed by atoms with E-state index in [1.807, 2.05) is 31.2 Å². The summed E-state index contributed by atoms with van der Waals surface area (Å²) in [5.41, 5.74) is 7.23. The molecule has 2 fully saturated rings. The van der Waals surface area contributed by atoms with Gasteiger partial charge in [-0.25, -0.2) is 4.79 Å². The number of nitrogens with one attached hydrogen (secondary N) is 1. The Kier molecular flexibility index (Phi) is 5.16. The van der Waals surface area contributed by atoms with Crippen LogP contribution in [0.3, 0.4) is 0 Å². The van der Waals surface area contributed by atoms with Crippen molar-refractivity contribution >= 4 is 30.0 Å². The molecular weight excluding hydrogens is 316 g/mol. The summed E-state index contributed by atoms with van der Waals surface area (Å²) in [6, 6.07) is 7.59. The van der Waals surface area contributed by atoms with Crippen LogP contribution in [-0.4, -0.2) is 53.5 Å². The summed E-state index contributed by atoms with van der Waals surface area (Å²) in [6.45, 7) is 4.18. The molecule has 0 aromatic heterocycles. The van der Waals surface area contributed by atoms with Crippen molar-refractivity contribution < 1.29 is 9.59 Å². The molecule has 1 aromatic carbocycles. The van der Waals surface area contributed by atoms with E-state index >= 15 is 0 Å². The molecule has 1 aliphatic carbocycles. The molecule has 3 N–H and O–H groups in total. The lowest BCUT2D eigenvalue weighted by molar-refractivity contribution is -0.135. The summed E-state index contributed by atoms with van der Waals surface area (Å²) in [7, 11) is 0. The molecule has 6 nitrogen and oxygen atoms in total. The quantitative estimate of drug-likeness (QED) is 0.859. The molecule has 0 spiro atoms. The minimum Gasteiger partial charge on any atom is -0.338 e. The van der Waals surface area contributed by atoms with Gasteiger partial charge in [0.1, 0.15) is 0 Å². The monoisotopic (exact) mass is 338 g/mol. The number of urea groups is 1. The van der Waals surface area contributed by atoms with Crippen LogP contribution < -0.4 is 11.1 Å². The van der Waals surface area contributed by atoms with Crippen LogP contribution in [0.2, 0.25) is 0 Å². The van der Waals surface area contributed by atoms with Gasteiger partial charge in [-0.2, -0.15) is 0 Å². The van der Waals surface area contributed by atoms with Gasteiger partial charge in [-0.05, 0) is 37.5 Å². The lowest BCUT2D eigenvalue weighted by Gasteiger charge is -2.36. The lowest BCUT2D eigenvalue weighted by Crippen LogP contribution is -2.55. The normalized spacial score (nSPS) is 18.9. The number of hydrogen-bond acceptors (Lipinski definition) is 3. The second kappa shape index (κ2) is 6.76. The van der Waals surface area contributed by atoms with E-state index in [-0.39, 0.29) is 24.3 Å². The van der Waals surface area contributed by atoms with Crippen molar-refractivity contribution in [3.05, 3.63) is 29.8 Å². The zero-order valence-corrected chi connectivity index (χ0v) is 14.1. The van der Waals surface area contributed by atoms with E-state index in [0.29, 0.717) is 26.2 Å². The third-order valence-corrected chi connectivity index (χ3v) is 4.34. The number of carbonyl (C=O) groups excluding carboxylic acids is 2. The van der Waals surface area contributed by atoms with Gasteiger partial charge in [0.05, 0.1) is 5.54 Å². The van der Waals surface area contributed by atoms with Gasteiger partial charge in [0.25, 0.3) is 0 Å². The minimum atomic E-state index is -0.619. The Morgan fingerprint density at radius 1 is 1.13 bits per heavy atom. The van der Waals surface area contributed by atoms with E-state index < -0.39 is 5.54 Å². The number of halogens is 1. The van der Waals surface area contributed by atoms with Gasteiger partial charge >= 0.3 is 6.03 Å². The first-order valence-electron chi connectivity index (χ1n) is 7.69. The van der Waals surface area contributed by atoms with Crippen LogP contribution in [0.25, 0.3) is 0 Å². The highest BCUT2D eigenvalue weighted by Gasteiger charge is 2.48. The van der Waals surface area contributed by atoms with Crippen LogP contribution in [0.15, 0.2) is 24.3 Å². The number of amides is 3. The van der Waals surface area contributed by atoms with E-state index in [1.165, 1.54) is 0 Å². The highest BCUT2D eigenvalue weighted by molar-refractivity contribution is 5.91. The largest absolute Gasteiger partial charge is 0.338 e. The number of benzene rings is 1. The van der Waals surface area contributed by atoms with Crippen LogP contribution in [0.4, 0.5) is 10.5 Å². The second-order valence-electron chi connectivity index (χ2n) is 6.24. The fraction of sp³-hybridized carbons (Fsp3) is 0.500. The van der Waals surface area contributed by atoms with Crippen molar-refractivity contribution in [1.82, 2.24) is 9.80 Å². The standard InChI is InChI=1S/C16H22N4O2.ClH/c1-12-3-2-4-13(11-12)18-15(22)20-9-7-19(8-10-20)14(21)16(17)5-6-16;/h2-4,11H,5-10,17H2,1H3,(H,18,22);1H. The summed E-state index contributed by atoms with van der Waals surface area (Å²) in [4.78, 5) is 27.9. The third kappa shape index (κ3) is 3.95. The van der Waals surface area contributed by atoms with Crippen molar-refractivity contribution in [3.8, 4) is 0 Å². The molecule has 1 heterocycles. The van der Waals surface area contributed by atoms with Crippen molar-refractivity contribution in [1.29, 1.82) is 0 Å². The van der Waals surface area contributed by atoms with Gasteiger partial charge in [-0.3, -0.25) is 4.79 Å². The Bertz CT molecular complexity index is 595. The number of rotatable bonds is 2. The number of carbonyl (C=O) groups is 2. The fourth-order valence-electron chi connectivity index (χ4n) is 2.70. The average molecular weight is 339 g/mol. The highest BCUT2D eigenvalue weighted by atomic mass is 35.5. The zero-order chi connectivity index (χ0) is 15.7. The smallest absolute Gasteiger partial charge is 0.321 e. The van der Waals surface area contributed by atoms with Crippen molar-refractivity contribution in [2.24, 2.45) is 5.73 Å². The fourth-order valence-corrected chi connectivity index (χ4v) is 2.70. The van der Waals surface area contributed by atoms with E-state index in [0.717, 1.165) is 24.1 Å². The maximum Gasteiger partial charge on any atom is 0.321 e. The Labute approximate surface area is 142 Å². The molecular formula is C16H23ClN4O2. The van der Waals surface area contributed by atoms with Gasteiger partial charge in [0, 0.05) is 31.9 Å². The molecule has 1 aliphatic heterocycles. The van der Waals surface area contributed by atoms with Crippen molar-refractivity contribution in [2.75, 3.05) is 31.5 Å². The Morgan fingerprint density at radius 2 is 1.74 bits per heavy atom. The van der Waals surface area contributed by atoms with Crippen LogP contribution in [-0.2, 0) is 4.79 Å². The summed E-state index contributed by atoms with van der Waals surface area (Å²) in [5, 5.41) is 2.90. The van der Waals surface area contributed by atoms with Gasteiger partial charge in [-0.15, -0.1) is 12.4 Å². The predicted molar refractivity (Wildman–Crippen MR) is 91.8 cm³/mol. The molecule has 3 amide bonds. The van der Waals surface area contributed by atoms with Crippen LogP contribution >= 0.6 is 12.4 Å². The lowest BCUT2D eigenvalue weighted by atomic mass is 10.2. The summed E-state index contributed by atoms with van der Waals surface area (Å²) in [5.74, 6) is 0.0336. The number of aryl methyl sites for hydroxylation is 1. The van der Waals surface area contributed by atoms with Crippen LogP contribution in [0.5, 0.6) is 0 Å². The molecule has 1 saturated heterocycles. The van der Waals surface area contributed by atoms with E-state index in [9.17, 15) is 9.59 Å². The first-order valence-corrected chi connectivity index (χ1v) is 7.69. The molecule has 0 radical (unpaired) electrons. The third-order valence-electron chi connectivity index (χ3n) is 4.34. The molecule has 23 heavy (non-hydrogen) atoms.